The standard InChI is InChI=1S/C19H29NO5/c1-7-10-19(4,24-6)18(22)20-14-8-9-16(25-12-13(2)3)15(11-14)17(21)23-5/h8-9,11,13H,7,10,12H2,1-6H3,(H,20,22)/t19-/m1/s1. The van der Waals surface area contributed by atoms with Crippen molar-refractivity contribution in [2.75, 3.05) is 26.1 Å². The Morgan fingerprint density at radius 3 is 2.44 bits per heavy atom. The fourth-order valence-electron chi connectivity index (χ4n) is 2.31. The molecule has 6 nitrogen and oxygen atoms in total. The van der Waals surface area contributed by atoms with E-state index in [0.29, 0.717) is 30.4 Å². The van der Waals surface area contributed by atoms with E-state index in [1.165, 1.54) is 14.2 Å². The number of nitrogens with one attached hydrogen (secondary N) is 1. The minimum absolute atomic E-state index is 0.261. The lowest BCUT2D eigenvalue weighted by Gasteiger charge is -2.26. The Morgan fingerprint density at radius 1 is 1.24 bits per heavy atom. The largest absolute Gasteiger partial charge is 0.492 e. The van der Waals surface area contributed by atoms with Gasteiger partial charge in [-0.3, -0.25) is 4.79 Å². The number of benzene rings is 1. The molecule has 6 heteroatoms. The van der Waals surface area contributed by atoms with Crippen molar-refractivity contribution in [1.82, 2.24) is 0 Å². The molecule has 1 N–H and O–H groups in total. The smallest absolute Gasteiger partial charge is 0.341 e. The van der Waals surface area contributed by atoms with Crippen molar-refractivity contribution in [2.24, 2.45) is 5.92 Å². The van der Waals surface area contributed by atoms with E-state index in [0.717, 1.165) is 6.42 Å². The maximum atomic E-state index is 12.5. The molecule has 1 atom stereocenters. The summed E-state index contributed by atoms with van der Waals surface area (Å²) in [7, 11) is 2.82. The number of methoxy groups -OCH3 is 2. The number of carbonyl (C=O) groups excluding carboxylic acids is 2. The molecule has 0 radical (unpaired) electrons. The number of hydrogen-bond donors (Lipinski definition) is 1. The second-order valence-corrected chi connectivity index (χ2v) is 6.55. The van der Waals surface area contributed by atoms with Crippen LogP contribution in [0.3, 0.4) is 0 Å². The van der Waals surface area contributed by atoms with Gasteiger partial charge in [0.2, 0.25) is 0 Å². The molecule has 0 fully saturated rings. The summed E-state index contributed by atoms with van der Waals surface area (Å²) in [5.41, 5.74) is -0.162. The van der Waals surface area contributed by atoms with E-state index in [1.807, 2.05) is 20.8 Å². The van der Waals surface area contributed by atoms with Crippen molar-refractivity contribution >= 4 is 17.6 Å². The summed E-state index contributed by atoms with van der Waals surface area (Å²) in [5.74, 6) is -0.0237. The van der Waals surface area contributed by atoms with Crippen molar-refractivity contribution in [3.05, 3.63) is 23.8 Å². The second-order valence-electron chi connectivity index (χ2n) is 6.55. The lowest BCUT2D eigenvalue weighted by Crippen LogP contribution is -2.41. The average molecular weight is 351 g/mol. The van der Waals surface area contributed by atoms with Gasteiger partial charge in [-0.2, -0.15) is 0 Å². The maximum Gasteiger partial charge on any atom is 0.341 e. The van der Waals surface area contributed by atoms with Gasteiger partial charge in [0.25, 0.3) is 5.91 Å². The maximum absolute atomic E-state index is 12.5. The van der Waals surface area contributed by atoms with Crippen LogP contribution in [0.15, 0.2) is 18.2 Å². The third-order valence-electron chi connectivity index (χ3n) is 3.87. The van der Waals surface area contributed by atoms with Crippen molar-refractivity contribution in [2.45, 2.75) is 46.1 Å². The van der Waals surface area contributed by atoms with Crippen LogP contribution in [0.25, 0.3) is 0 Å². The molecular weight excluding hydrogens is 322 g/mol. The van der Waals surface area contributed by atoms with Gasteiger partial charge in [-0.1, -0.05) is 27.2 Å². The number of anilines is 1. The van der Waals surface area contributed by atoms with Crippen molar-refractivity contribution < 1.29 is 23.8 Å². The first-order valence-electron chi connectivity index (χ1n) is 8.49. The molecule has 1 aromatic carbocycles. The Balaban J connectivity index is 3.05. The number of esters is 1. The van der Waals surface area contributed by atoms with Gasteiger partial charge in [-0.05, 0) is 37.5 Å². The molecule has 1 rings (SSSR count). The third kappa shape index (κ3) is 5.74. The molecule has 0 bridgehead atoms. The molecule has 1 aromatic rings. The molecule has 0 saturated heterocycles. The molecule has 0 aromatic heterocycles. The average Bonchev–Trinajstić information content (AvgIpc) is 2.59. The molecule has 1 amide bonds. The van der Waals surface area contributed by atoms with E-state index in [1.54, 1.807) is 25.1 Å². The lowest BCUT2D eigenvalue weighted by molar-refractivity contribution is -0.136. The molecule has 140 valence electrons. The zero-order chi connectivity index (χ0) is 19.0. The van der Waals surface area contributed by atoms with Gasteiger partial charge in [-0.15, -0.1) is 0 Å². The third-order valence-corrected chi connectivity index (χ3v) is 3.87. The Morgan fingerprint density at radius 2 is 1.92 bits per heavy atom. The number of carbonyl (C=O) groups is 2. The lowest BCUT2D eigenvalue weighted by atomic mass is 9.99. The normalized spacial score (nSPS) is 13.2. The van der Waals surface area contributed by atoms with Crippen LogP contribution in [0.1, 0.15) is 50.9 Å². The van der Waals surface area contributed by atoms with Gasteiger partial charge in [0, 0.05) is 12.8 Å². The van der Waals surface area contributed by atoms with Crippen molar-refractivity contribution in [1.29, 1.82) is 0 Å². The van der Waals surface area contributed by atoms with Crippen molar-refractivity contribution in [3.8, 4) is 5.75 Å². The molecule has 0 saturated carbocycles. The highest BCUT2D eigenvalue weighted by Crippen LogP contribution is 2.26. The minimum atomic E-state index is -0.924. The molecule has 0 aliphatic carbocycles. The van der Waals surface area contributed by atoms with E-state index < -0.39 is 11.6 Å². The van der Waals surface area contributed by atoms with Crippen LogP contribution < -0.4 is 10.1 Å². The fraction of sp³-hybridized carbons (Fsp3) is 0.579. The zero-order valence-corrected chi connectivity index (χ0v) is 16.0. The highest BCUT2D eigenvalue weighted by molar-refractivity contribution is 5.99. The molecule has 25 heavy (non-hydrogen) atoms. The van der Waals surface area contributed by atoms with Crippen LogP contribution in [0.2, 0.25) is 0 Å². The molecular formula is C19H29NO5. The Hall–Kier alpha value is -2.08. The van der Waals surface area contributed by atoms with Gasteiger partial charge in [0.1, 0.15) is 16.9 Å². The van der Waals surface area contributed by atoms with Gasteiger partial charge < -0.3 is 19.5 Å². The highest BCUT2D eigenvalue weighted by atomic mass is 16.5. The first kappa shape index (κ1) is 21.0. The monoisotopic (exact) mass is 351 g/mol. The summed E-state index contributed by atoms with van der Waals surface area (Å²) in [4.78, 5) is 24.6. The quantitative estimate of drug-likeness (QED) is 0.688. The summed E-state index contributed by atoms with van der Waals surface area (Å²) in [5, 5.41) is 2.80. The summed E-state index contributed by atoms with van der Waals surface area (Å²) in [6.07, 6.45) is 1.40. The zero-order valence-electron chi connectivity index (χ0n) is 16.0. The first-order valence-corrected chi connectivity index (χ1v) is 8.49. The predicted molar refractivity (Wildman–Crippen MR) is 97.1 cm³/mol. The van der Waals surface area contributed by atoms with Crippen LogP contribution in [0.5, 0.6) is 5.75 Å². The molecule has 0 aliphatic rings. The number of rotatable bonds is 9. The van der Waals surface area contributed by atoms with E-state index in [-0.39, 0.29) is 11.5 Å². The van der Waals surface area contributed by atoms with Crippen LogP contribution in [0, 0.1) is 5.92 Å². The summed E-state index contributed by atoms with van der Waals surface area (Å²) in [6, 6.07) is 4.91. The summed E-state index contributed by atoms with van der Waals surface area (Å²) < 4.78 is 15.9. The Labute approximate surface area is 149 Å². The SMILES string of the molecule is CCC[C@@](C)(OC)C(=O)Nc1ccc(OCC(C)C)c(C(=O)OC)c1. The Kier molecular flexibility index (Phi) is 7.90. The number of hydrogen-bond acceptors (Lipinski definition) is 5. The number of amides is 1. The second kappa shape index (κ2) is 9.42. The van der Waals surface area contributed by atoms with Crippen LogP contribution in [-0.4, -0.2) is 38.3 Å². The van der Waals surface area contributed by atoms with E-state index in [4.69, 9.17) is 14.2 Å². The molecule has 0 unspecified atom stereocenters. The highest BCUT2D eigenvalue weighted by Gasteiger charge is 2.32. The van der Waals surface area contributed by atoms with Gasteiger partial charge in [0.15, 0.2) is 0 Å². The predicted octanol–water partition coefficient (Wildman–Crippen LogP) is 3.65. The van der Waals surface area contributed by atoms with Crippen LogP contribution >= 0.6 is 0 Å². The minimum Gasteiger partial charge on any atom is -0.492 e. The molecule has 0 spiro atoms. The van der Waals surface area contributed by atoms with Crippen molar-refractivity contribution in [3.63, 3.8) is 0 Å². The van der Waals surface area contributed by atoms with Gasteiger partial charge in [0.05, 0.1) is 13.7 Å². The first-order chi connectivity index (χ1) is 11.8. The fourth-order valence-corrected chi connectivity index (χ4v) is 2.31. The molecule has 0 heterocycles. The van der Waals surface area contributed by atoms with Crippen LogP contribution in [-0.2, 0) is 14.3 Å². The Bertz CT molecular complexity index is 599. The summed E-state index contributed by atoms with van der Waals surface area (Å²) >= 11 is 0. The van der Waals surface area contributed by atoms with E-state index >= 15 is 0 Å². The van der Waals surface area contributed by atoms with Gasteiger partial charge in [-0.25, -0.2) is 4.79 Å². The topological polar surface area (TPSA) is 73.9 Å². The van der Waals surface area contributed by atoms with Crippen LogP contribution in [0.4, 0.5) is 5.69 Å². The number of ether oxygens (including phenoxy) is 3. The summed E-state index contributed by atoms with van der Waals surface area (Å²) in [6.45, 7) is 8.25. The van der Waals surface area contributed by atoms with E-state index in [2.05, 4.69) is 5.32 Å². The van der Waals surface area contributed by atoms with E-state index in [9.17, 15) is 9.59 Å². The van der Waals surface area contributed by atoms with Gasteiger partial charge >= 0.3 is 5.97 Å². The molecule has 0 aliphatic heterocycles.